The molecule has 20 heavy (non-hydrogen) atoms. The van der Waals surface area contributed by atoms with Gasteiger partial charge in [-0.25, -0.2) is 0 Å². The number of nitrogens with one attached hydrogen (secondary N) is 2. The molecular weight excluding hydrogens is 258 g/mol. The topological polar surface area (TPSA) is 84.3 Å². The summed E-state index contributed by atoms with van der Waals surface area (Å²) >= 11 is 0. The van der Waals surface area contributed by atoms with E-state index in [0.29, 0.717) is 23.7 Å². The van der Waals surface area contributed by atoms with Crippen molar-refractivity contribution in [3.8, 4) is 0 Å². The van der Waals surface area contributed by atoms with Crippen molar-refractivity contribution in [2.45, 2.75) is 32.2 Å². The predicted molar refractivity (Wildman–Crippen MR) is 75.8 cm³/mol. The zero-order valence-corrected chi connectivity index (χ0v) is 11.5. The van der Waals surface area contributed by atoms with Crippen molar-refractivity contribution in [3.05, 3.63) is 39.4 Å². The van der Waals surface area contributed by atoms with Crippen LogP contribution in [0.5, 0.6) is 0 Å². The smallest absolute Gasteiger partial charge is 0.273 e. The fourth-order valence-electron chi connectivity index (χ4n) is 2.41. The van der Waals surface area contributed by atoms with E-state index in [0.717, 1.165) is 19.4 Å². The molecule has 0 aromatic heterocycles. The molecule has 1 fully saturated rings. The highest BCUT2D eigenvalue weighted by Gasteiger charge is 2.16. The molecule has 0 unspecified atom stereocenters. The van der Waals surface area contributed by atoms with Crippen molar-refractivity contribution in [1.82, 2.24) is 10.6 Å². The van der Waals surface area contributed by atoms with Gasteiger partial charge in [0.2, 0.25) is 0 Å². The molecular formula is C14H19N3O3. The molecule has 2 N–H and O–H groups in total. The Hall–Kier alpha value is -1.95. The molecule has 6 heteroatoms. The van der Waals surface area contributed by atoms with Crippen LogP contribution < -0.4 is 10.6 Å². The maximum Gasteiger partial charge on any atom is 0.273 e. The molecule has 2 rings (SSSR count). The second kappa shape index (κ2) is 6.47. The number of nitrogens with zero attached hydrogens (tertiary/aromatic N) is 1. The third kappa shape index (κ3) is 3.54. The van der Waals surface area contributed by atoms with Crippen molar-refractivity contribution >= 4 is 11.6 Å². The summed E-state index contributed by atoms with van der Waals surface area (Å²) in [6, 6.07) is 5.03. The summed E-state index contributed by atoms with van der Waals surface area (Å²) in [5.41, 5.74) is 0.874. The Kier molecular flexibility index (Phi) is 4.68. The molecule has 0 radical (unpaired) electrons. The Labute approximate surface area is 117 Å². The van der Waals surface area contributed by atoms with Crippen molar-refractivity contribution in [2.24, 2.45) is 0 Å². The van der Waals surface area contributed by atoms with Gasteiger partial charge in [-0.1, -0.05) is 6.07 Å². The highest BCUT2D eigenvalue weighted by atomic mass is 16.6. The standard InChI is InChI=1S/C14H19N3O3/c1-10-4-5-11(9-13(10)17(19)20)14(18)16-8-6-12-3-2-7-15-12/h4-5,9,12,15H,2-3,6-8H2,1H3,(H,16,18)/t12-/m0/s1. The van der Waals surface area contributed by atoms with Gasteiger partial charge >= 0.3 is 0 Å². The fraction of sp³-hybridized carbons (Fsp3) is 0.500. The monoisotopic (exact) mass is 277 g/mol. The van der Waals surface area contributed by atoms with Crippen LogP contribution in [0.4, 0.5) is 5.69 Å². The van der Waals surface area contributed by atoms with E-state index in [9.17, 15) is 14.9 Å². The average molecular weight is 277 g/mol. The van der Waals surface area contributed by atoms with Crippen LogP contribution in [-0.4, -0.2) is 30.0 Å². The van der Waals surface area contributed by atoms with E-state index < -0.39 is 4.92 Å². The highest BCUT2D eigenvalue weighted by Crippen LogP contribution is 2.19. The number of carbonyl (C=O) groups excluding carboxylic acids is 1. The molecule has 0 bridgehead atoms. The van der Waals surface area contributed by atoms with E-state index in [2.05, 4.69) is 10.6 Å². The molecule has 6 nitrogen and oxygen atoms in total. The van der Waals surface area contributed by atoms with Gasteiger partial charge in [-0.05, 0) is 38.8 Å². The van der Waals surface area contributed by atoms with E-state index >= 15 is 0 Å². The van der Waals surface area contributed by atoms with E-state index in [1.165, 1.54) is 12.5 Å². The molecule has 0 saturated carbocycles. The average Bonchev–Trinajstić information content (AvgIpc) is 2.92. The van der Waals surface area contributed by atoms with Gasteiger partial charge in [0, 0.05) is 29.8 Å². The van der Waals surface area contributed by atoms with Crippen LogP contribution in [0.3, 0.4) is 0 Å². The largest absolute Gasteiger partial charge is 0.352 e. The summed E-state index contributed by atoms with van der Waals surface area (Å²) in [7, 11) is 0. The number of rotatable bonds is 5. The molecule has 0 aliphatic carbocycles. The van der Waals surface area contributed by atoms with Crippen molar-refractivity contribution < 1.29 is 9.72 Å². The van der Waals surface area contributed by atoms with Crippen LogP contribution in [-0.2, 0) is 0 Å². The number of benzene rings is 1. The van der Waals surface area contributed by atoms with Crippen LogP contribution in [0.25, 0.3) is 0 Å². The lowest BCUT2D eigenvalue weighted by Gasteiger charge is -2.10. The van der Waals surface area contributed by atoms with Gasteiger partial charge in [-0.3, -0.25) is 14.9 Å². The fourth-order valence-corrected chi connectivity index (χ4v) is 2.41. The van der Waals surface area contributed by atoms with Crippen molar-refractivity contribution in [3.63, 3.8) is 0 Å². The molecule has 0 spiro atoms. The maximum absolute atomic E-state index is 12.0. The minimum Gasteiger partial charge on any atom is -0.352 e. The third-order valence-corrected chi connectivity index (χ3v) is 3.61. The number of nitro groups is 1. The van der Waals surface area contributed by atoms with Crippen LogP contribution in [0, 0.1) is 17.0 Å². The number of carbonyl (C=O) groups is 1. The number of aryl methyl sites for hydroxylation is 1. The SMILES string of the molecule is Cc1ccc(C(=O)NCC[C@@H]2CCCN2)cc1[N+](=O)[O-]. The molecule has 1 amide bonds. The number of amides is 1. The Balaban J connectivity index is 1.91. The normalized spacial score (nSPS) is 17.9. The lowest BCUT2D eigenvalue weighted by atomic mass is 10.1. The lowest BCUT2D eigenvalue weighted by molar-refractivity contribution is -0.385. The first-order valence-electron chi connectivity index (χ1n) is 6.84. The van der Waals surface area contributed by atoms with Gasteiger partial charge < -0.3 is 10.6 Å². The van der Waals surface area contributed by atoms with Crippen LogP contribution >= 0.6 is 0 Å². The minimum absolute atomic E-state index is 0.0184. The first-order chi connectivity index (χ1) is 9.58. The summed E-state index contributed by atoms with van der Waals surface area (Å²) in [5.74, 6) is -0.258. The van der Waals surface area contributed by atoms with Gasteiger partial charge in [0.15, 0.2) is 0 Å². The minimum atomic E-state index is -0.464. The molecule has 1 aliphatic heterocycles. The van der Waals surface area contributed by atoms with Gasteiger partial charge in [0.1, 0.15) is 0 Å². The van der Waals surface area contributed by atoms with E-state index in [1.54, 1.807) is 19.1 Å². The first-order valence-corrected chi connectivity index (χ1v) is 6.84. The van der Waals surface area contributed by atoms with Crippen LogP contribution in [0.1, 0.15) is 35.2 Å². The molecule has 1 atom stereocenters. The first kappa shape index (κ1) is 14.5. The Morgan fingerprint density at radius 1 is 1.55 bits per heavy atom. The lowest BCUT2D eigenvalue weighted by Crippen LogP contribution is -2.30. The van der Waals surface area contributed by atoms with Crippen LogP contribution in [0.2, 0.25) is 0 Å². The molecule has 1 aromatic carbocycles. The Bertz CT molecular complexity index is 510. The van der Waals surface area contributed by atoms with Crippen molar-refractivity contribution in [2.75, 3.05) is 13.1 Å². The number of hydrogen-bond donors (Lipinski definition) is 2. The molecule has 1 aromatic rings. The summed E-state index contributed by atoms with van der Waals surface area (Å²) in [5, 5.41) is 17.0. The van der Waals surface area contributed by atoms with E-state index in [4.69, 9.17) is 0 Å². The highest BCUT2D eigenvalue weighted by molar-refractivity contribution is 5.94. The summed E-state index contributed by atoms with van der Waals surface area (Å²) < 4.78 is 0. The molecule has 108 valence electrons. The van der Waals surface area contributed by atoms with Gasteiger partial charge in [-0.15, -0.1) is 0 Å². The molecule has 1 heterocycles. The maximum atomic E-state index is 12.0. The second-order valence-corrected chi connectivity index (χ2v) is 5.10. The Morgan fingerprint density at radius 2 is 2.35 bits per heavy atom. The van der Waals surface area contributed by atoms with E-state index in [-0.39, 0.29) is 11.6 Å². The Morgan fingerprint density at radius 3 is 3.00 bits per heavy atom. The zero-order valence-electron chi connectivity index (χ0n) is 11.5. The van der Waals surface area contributed by atoms with Gasteiger partial charge in [0.25, 0.3) is 11.6 Å². The van der Waals surface area contributed by atoms with Gasteiger partial charge in [0.05, 0.1) is 4.92 Å². The number of nitro benzene ring substituents is 1. The quantitative estimate of drug-likeness (QED) is 0.634. The number of hydrogen-bond acceptors (Lipinski definition) is 4. The second-order valence-electron chi connectivity index (χ2n) is 5.10. The van der Waals surface area contributed by atoms with E-state index in [1.807, 2.05) is 0 Å². The summed E-state index contributed by atoms with van der Waals surface area (Å²) in [4.78, 5) is 22.3. The van der Waals surface area contributed by atoms with Crippen molar-refractivity contribution in [1.29, 1.82) is 0 Å². The summed E-state index contributed by atoms with van der Waals surface area (Å²) in [6.45, 7) is 3.28. The zero-order chi connectivity index (χ0) is 14.5. The van der Waals surface area contributed by atoms with Gasteiger partial charge in [-0.2, -0.15) is 0 Å². The third-order valence-electron chi connectivity index (χ3n) is 3.61. The van der Waals surface area contributed by atoms with Crippen LogP contribution in [0.15, 0.2) is 18.2 Å². The molecule has 1 saturated heterocycles. The summed E-state index contributed by atoms with van der Waals surface area (Å²) in [6.07, 6.45) is 3.22. The predicted octanol–water partition coefficient (Wildman–Crippen LogP) is 1.78. The molecule has 1 aliphatic rings.